The number of thiophene rings is 1. The summed E-state index contributed by atoms with van der Waals surface area (Å²) >= 11 is 2.69. The van der Waals surface area contributed by atoms with E-state index in [1.54, 1.807) is 25.2 Å². The largest absolute Gasteiger partial charge is 0.573 e. The van der Waals surface area contributed by atoms with Crippen LogP contribution in [-0.2, 0) is 12.8 Å². The number of benzene rings is 1. The van der Waals surface area contributed by atoms with Gasteiger partial charge >= 0.3 is 6.36 Å². The Morgan fingerprint density at radius 1 is 1.25 bits per heavy atom. The Kier molecular flexibility index (Phi) is 4.55. The Hall–Kier alpha value is -2.00. The quantitative estimate of drug-likeness (QED) is 0.509. The summed E-state index contributed by atoms with van der Waals surface area (Å²) in [5.74, 6) is 0.212. The van der Waals surface area contributed by atoms with Crippen molar-refractivity contribution in [1.82, 2.24) is 9.55 Å². The number of aromatic nitrogens is 2. The van der Waals surface area contributed by atoms with Crippen molar-refractivity contribution in [3.63, 3.8) is 0 Å². The molecule has 2 heterocycles. The minimum atomic E-state index is -4.70. The first-order chi connectivity index (χ1) is 11.3. The number of nitrogens with zero attached hydrogens (tertiary/aromatic N) is 2. The van der Waals surface area contributed by atoms with Crippen LogP contribution in [0.25, 0.3) is 10.2 Å². The van der Waals surface area contributed by atoms with E-state index in [9.17, 15) is 18.0 Å². The molecule has 0 atom stereocenters. The third kappa shape index (κ3) is 3.73. The van der Waals surface area contributed by atoms with E-state index in [2.05, 4.69) is 9.72 Å². The Labute approximate surface area is 142 Å². The van der Waals surface area contributed by atoms with E-state index in [1.165, 1.54) is 39.8 Å². The lowest BCUT2D eigenvalue weighted by atomic mass is 10.2. The average molecular weight is 372 g/mol. The third-order valence-corrected chi connectivity index (χ3v) is 5.16. The van der Waals surface area contributed by atoms with Gasteiger partial charge in [0, 0.05) is 12.8 Å². The summed E-state index contributed by atoms with van der Waals surface area (Å²) in [6.07, 6.45) is -4.70. The maximum atomic E-state index is 12.2. The van der Waals surface area contributed by atoms with E-state index in [4.69, 9.17) is 0 Å². The maximum Gasteiger partial charge on any atom is 0.573 e. The lowest BCUT2D eigenvalue weighted by Crippen LogP contribution is -2.18. The standard InChI is InChI=1S/C15H11F3N2O2S2/c1-20-13(21)12-11(6-7-23-12)19-14(20)24-8-9-2-4-10(5-3-9)22-15(16,17)18/h2-7H,8H2,1H3. The molecule has 3 aromatic rings. The predicted molar refractivity (Wildman–Crippen MR) is 87.5 cm³/mol. The van der Waals surface area contributed by atoms with E-state index in [0.29, 0.717) is 21.1 Å². The second-order valence-corrected chi connectivity index (χ2v) is 6.73. The summed E-state index contributed by atoms with van der Waals surface area (Å²) in [5.41, 5.74) is 1.35. The van der Waals surface area contributed by atoms with Gasteiger partial charge in [0.15, 0.2) is 5.16 Å². The fraction of sp³-hybridized carbons (Fsp3) is 0.200. The molecule has 0 saturated carbocycles. The smallest absolute Gasteiger partial charge is 0.406 e. The summed E-state index contributed by atoms with van der Waals surface area (Å²) in [6, 6.07) is 7.41. The summed E-state index contributed by atoms with van der Waals surface area (Å²) in [5, 5.41) is 2.37. The number of ether oxygens (including phenoxy) is 1. The highest BCUT2D eigenvalue weighted by atomic mass is 32.2. The molecule has 0 saturated heterocycles. The molecule has 0 N–H and O–H groups in total. The molecule has 24 heavy (non-hydrogen) atoms. The first-order valence-corrected chi connectivity index (χ1v) is 8.62. The molecule has 9 heteroatoms. The molecule has 126 valence electrons. The molecule has 0 aliphatic heterocycles. The lowest BCUT2D eigenvalue weighted by molar-refractivity contribution is -0.274. The summed E-state index contributed by atoms with van der Waals surface area (Å²) in [4.78, 5) is 16.6. The van der Waals surface area contributed by atoms with Crippen molar-refractivity contribution in [2.75, 3.05) is 0 Å². The molecule has 0 aliphatic rings. The van der Waals surface area contributed by atoms with Crippen LogP contribution in [0.3, 0.4) is 0 Å². The number of hydrogen-bond donors (Lipinski definition) is 0. The Morgan fingerprint density at radius 3 is 2.62 bits per heavy atom. The van der Waals surface area contributed by atoms with Gasteiger partial charge in [0.25, 0.3) is 5.56 Å². The van der Waals surface area contributed by atoms with Crippen molar-refractivity contribution in [2.45, 2.75) is 17.3 Å². The van der Waals surface area contributed by atoms with Crippen LogP contribution >= 0.6 is 23.1 Å². The van der Waals surface area contributed by atoms with E-state index in [1.807, 2.05) is 5.38 Å². The molecule has 0 radical (unpaired) electrons. The molecule has 0 fully saturated rings. The zero-order valence-corrected chi connectivity index (χ0v) is 14.0. The number of hydrogen-bond acceptors (Lipinski definition) is 5. The van der Waals surface area contributed by atoms with Gasteiger partial charge in [0.2, 0.25) is 0 Å². The molecule has 4 nitrogen and oxygen atoms in total. The minimum absolute atomic E-state index is 0.105. The molecule has 0 aliphatic carbocycles. The highest BCUT2D eigenvalue weighted by Gasteiger charge is 2.30. The second-order valence-electron chi connectivity index (χ2n) is 4.87. The molecule has 0 unspecified atom stereocenters. The van der Waals surface area contributed by atoms with Crippen LogP contribution in [0, 0.1) is 0 Å². The van der Waals surface area contributed by atoms with Crippen LogP contribution in [-0.4, -0.2) is 15.9 Å². The normalized spacial score (nSPS) is 11.8. The number of halogens is 3. The van der Waals surface area contributed by atoms with Crippen LogP contribution in [0.2, 0.25) is 0 Å². The Balaban J connectivity index is 1.74. The van der Waals surface area contributed by atoms with Gasteiger partial charge in [0.1, 0.15) is 10.4 Å². The van der Waals surface area contributed by atoms with Crippen molar-refractivity contribution in [3.05, 3.63) is 51.6 Å². The van der Waals surface area contributed by atoms with Crippen LogP contribution in [0.4, 0.5) is 13.2 Å². The van der Waals surface area contributed by atoms with Gasteiger partial charge in [-0.25, -0.2) is 4.98 Å². The van der Waals surface area contributed by atoms with Crippen LogP contribution in [0.5, 0.6) is 5.75 Å². The predicted octanol–water partition coefficient (Wildman–Crippen LogP) is 4.19. The number of alkyl halides is 3. The zero-order chi connectivity index (χ0) is 17.3. The molecule has 0 amide bonds. The molecule has 0 bridgehead atoms. The van der Waals surface area contributed by atoms with Gasteiger partial charge in [0.05, 0.1) is 5.52 Å². The first-order valence-electron chi connectivity index (χ1n) is 6.75. The van der Waals surface area contributed by atoms with Crippen LogP contribution in [0.15, 0.2) is 45.7 Å². The number of rotatable bonds is 4. The topological polar surface area (TPSA) is 44.1 Å². The van der Waals surface area contributed by atoms with Crippen molar-refractivity contribution in [1.29, 1.82) is 0 Å². The molecule has 0 spiro atoms. The fourth-order valence-electron chi connectivity index (χ4n) is 2.03. The number of fused-ring (bicyclic) bond motifs is 1. The molecule has 2 aromatic heterocycles. The lowest BCUT2D eigenvalue weighted by Gasteiger charge is -2.10. The van der Waals surface area contributed by atoms with E-state index >= 15 is 0 Å². The summed E-state index contributed by atoms with van der Waals surface area (Å²) < 4.78 is 42.3. The maximum absolute atomic E-state index is 12.2. The first kappa shape index (κ1) is 16.8. The Morgan fingerprint density at radius 2 is 1.96 bits per heavy atom. The number of thioether (sulfide) groups is 1. The monoisotopic (exact) mass is 372 g/mol. The van der Waals surface area contributed by atoms with Gasteiger partial charge in [-0.05, 0) is 29.1 Å². The van der Waals surface area contributed by atoms with Crippen molar-refractivity contribution < 1.29 is 17.9 Å². The highest BCUT2D eigenvalue weighted by Crippen LogP contribution is 2.26. The van der Waals surface area contributed by atoms with E-state index in [-0.39, 0.29) is 11.3 Å². The van der Waals surface area contributed by atoms with Crippen LogP contribution < -0.4 is 10.3 Å². The van der Waals surface area contributed by atoms with Gasteiger partial charge in [-0.3, -0.25) is 9.36 Å². The molecular formula is C15H11F3N2O2S2. The van der Waals surface area contributed by atoms with Crippen molar-refractivity contribution >= 4 is 33.3 Å². The van der Waals surface area contributed by atoms with Gasteiger partial charge < -0.3 is 4.74 Å². The zero-order valence-electron chi connectivity index (χ0n) is 12.3. The average Bonchev–Trinajstić information content (AvgIpc) is 2.98. The molecule has 1 aromatic carbocycles. The SMILES string of the molecule is Cn1c(SCc2ccc(OC(F)(F)F)cc2)nc2ccsc2c1=O. The second kappa shape index (κ2) is 6.48. The van der Waals surface area contributed by atoms with Gasteiger partial charge in [-0.2, -0.15) is 0 Å². The Bertz CT molecular complexity index is 917. The fourth-order valence-corrected chi connectivity index (χ4v) is 3.77. The van der Waals surface area contributed by atoms with Crippen molar-refractivity contribution in [3.8, 4) is 5.75 Å². The van der Waals surface area contributed by atoms with Crippen LogP contribution in [0.1, 0.15) is 5.56 Å². The summed E-state index contributed by atoms with van der Waals surface area (Å²) in [7, 11) is 1.65. The van der Waals surface area contributed by atoms with Gasteiger partial charge in [-0.1, -0.05) is 23.9 Å². The molecule has 3 rings (SSSR count). The highest BCUT2D eigenvalue weighted by molar-refractivity contribution is 7.98. The summed E-state index contributed by atoms with van der Waals surface area (Å²) in [6.45, 7) is 0. The minimum Gasteiger partial charge on any atom is -0.406 e. The third-order valence-electron chi connectivity index (χ3n) is 3.17. The van der Waals surface area contributed by atoms with Gasteiger partial charge in [-0.15, -0.1) is 24.5 Å². The van der Waals surface area contributed by atoms with E-state index in [0.717, 1.165) is 5.56 Å². The molecular weight excluding hydrogens is 361 g/mol. The van der Waals surface area contributed by atoms with E-state index < -0.39 is 6.36 Å². The van der Waals surface area contributed by atoms with Crippen molar-refractivity contribution in [2.24, 2.45) is 7.05 Å².